The van der Waals surface area contributed by atoms with Crippen molar-refractivity contribution in [2.45, 2.75) is 26.6 Å². The van der Waals surface area contributed by atoms with Crippen LogP contribution in [0.3, 0.4) is 0 Å². The summed E-state index contributed by atoms with van der Waals surface area (Å²) >= 11 is 0. The van der Waals surface area contributed by atoms with Gasteiger partial charge in [-0.2, -0.15) is 5.26 Å². The highest BCUT2D eigenvalue weighted by Gasteiger charge is 2.05. The highest BCUT2D eigenvalue weighted by atomic mass is 16.5. The molecule has 20 heavy (non-hydrogen) atoms. The van der Waals surface area contributed by atoms with E-state index in [1.807, 2.05) is 22.8 Å². The molecule has 0 aliphatic heterocycles. The summed E-state index contributed by atoms with van der Waals surface area (Å²) in [6.45, 7) is 4.21. The van der Waals surface area contributed by atoms with Crippen LogP contribution in [-0.4, -0.2) is 21.9 Å². The number of ether oxygens (including phenoxy) is 1. The second-order valence-electron chi connectivity index (χ2n) is 4.28. The molecule has 0 fully saturated rings. The van der Waals surface area contributed by atoms with E-state index >= 15 is 0 Å². The number of aryl methyl sites for hydroxylation is 1. The van der Waals surface area contributed by atoms with Crippen LogP contribution in [0.5, 0.6) is 5.75 Å². The van der Waals surface area contributed by atoms with Gasteiger partial charge in [-0.1, -0.05) is 6.07 Å². The summed E-state index contributed by atoms with van der Waals surface area (Å²) in [7, 11) is 1.56. The Bertz CT molecular complexity index is 614. The monoisotopic (exact) mass is 271 g/mol. The minimum Gasteiger partial charge on any atom is -0.495 e. The molecule has 6 nitrogen and oxygen atoms in total. The second-order valence-corrected chi connectivity index (χ2v) is 4.28. The highest BCUT2D eigenvalue weighted by Crippen LogP contribution is 2.18. The minimum atomic E-state index is 0.545. The van der Waals surface area contributed by atoms with E-state index in [0.717, 1.165) is 17.9 Å². The van der Waals surface area contributed by atoms with Gasteiger partial charge in [0.1, 0.15) is 24.0 Å². The fourth-order valence-corrected chi connectivity index (χ4v) is 1.95. The molecule has 1 aromatic heterocycles. The fraction of sp³-hybridized carbons (Fsp3) is 0.357. The van der Waals surface area contributed by atoms with Gasteiger partial charge in [0.2, 0.25) is 0 Å². The van der Waals surface area contributed by atoms with Crippen molar-refractivity contribution in [1.82, 2.24) is 20.1 Å². The van der Waals surface area contributed by atoms with Crippen LogP contribution in [0.1, 0.15) is 23.9 Å². The van der Waals surface area contributed by atoms with Gasteiger partial charge in [0.15, 0.2) is 0 Å². The summed E-state index contributed by atoms with van der Waals surface area (Å²) in [6.07, 6.45) is 1.72. The first-order valence-corrected chi connectivity index (χ1v) is 6.43. The third-order valence-electron chi connectivity index (χ3n) is 3.03. The number of hydrogen-bond acceptors (Lipinski definition) is 5. The van der Waals surface area contributed by atoms with E-state index in [1.54, 1.807) is 13.4 Å². The lowest BCUT2D eigenvalue weighted by molar-refractivity contribution is 0.413. The molecule has 0 radical (unpaired) electrons. The molecule has 0 aliphatic carbocycles. The van der Waals surface area contributed by atoms with E-state index in [9.17, 15) is 0 Å². The summed E-state index contributed by atoms with van der Waals surface area (Å²) in [5, 5.41) is 20.3. The number of benzene rings is 1. The van der Waals surface area contributed by atoms with Crippen LogP contribution in [-0.2, 0) is 19.6 Å². The van der Waals surface area contributed by atoms with Gasteiger partial charge in [-0.15, -0.1) is 10.2 Å². The van der Waals surface area contributed by atoms with Crippen molar-refractivity contribution in [3.8, 4) is 11.8 Å². The van der Waals surface area contributed by atoms with Gasteiger partial charge >= 0.3 is 0 Å². The molecule has 6 heteroatoms. The SMILES string of the molecule is CCn1cnnc1CNCc1ccc(OC)c(C#N)c1. The zero-order valence-electron chi connectivity index (χ0n) is 11.6. The average Bonchev–Trinajstić information content (AvgIpc) is 2.94. The molecular formula is C14H17N5O. The minimum absolute atomic E-state index is 0.545. The lowest BCUT2D eigenvalue weighted by Crippen LogP contribution is -2.16. The number of aromatic nitrogens is 3. The average molecular weight is 271 g/mol. The number of nitriles is 1. The molecular weight excluding hydrogens is 254 g/mol. The van der Waals surface area contributed by atoms with Gasteiger partial charge in [0.25, 0.3) is 0 Å². The van der Waals surface area contributed by atoms with E-state index in [-0.39, 0.29) is 0 Å². The molecule has 2 rings (SSSR count). The van der Waals surface area contributed by atoms with Crippen molar-refractivity contribution in [1.29, 1.82) is 5.26 Å². The molecule has 104 valence electrons. The van der Waals surface area contributed by atoms with Gasteiger partial charge < -0.3 is 14.6 Å². The summed E-state index contributed by atoms with van der Waals surface area (Å²) in [4.78, 5) is 0. The van der Waals surface area contributed by atoms with Crippen molar-refractivity contribution in [2.24, 2.45) is 0 Å². The molecule has 0 unspecified atom stereocenters. The van der Waals surface area contributed by atoms with Crippen molar-refractivity contribution in [2.75, 3.05) is 7.11 Å². The van der Waals surface area contributed by atoms with Crippen LogP contribution < -0.4 is 10.1 Å². The first kappa shape index (κ1) is 14.0. The van der Waals surface area contributed by atoms with E-state index in [0.29, 0.717) is 24.4 Å². The largest absolute Gasteiger partial charge is 0.495 e. The Morgan fingerprint density at radius 1 is 1.40 bits per heavy atom. The van der Waals surface area contributed by atoms with E-state index in [1.165, 1.54) is 0 Å². The number of hydrogen-bond donors (Lipinski definition) is 1. The number of nitrogens with one attached hydrogen (secondary N) is 1. The van der Waals surface area contributed by atoms with Crippen molar-refractivity contribution in [3.63, 3.8) is 0 Å². The normalized spacial score (nSPS) is 10.2. The van der Waals surface area contributed by atoms with E-state index in [2.05, 4.69) is 28.5 Å². The van der Waals surface area contributed by atoms with Crippen LogP contribution in [0, 0.1) is 11.3 Å². The molecule has 1 N–H and O–H groups in total. The summed E-state index contributed by atoms with van der Waals surface area (Å²) < 4.78 is 7.11. The zero-order valence-corrected chi connectivity index (χ0v) is 11.6. The molecule has 0 aliphatic rings. The smallest absolute Gasteiger partial charge is 0.146 e. The summed E-state index contributed by atoms with van der Waals surface area (Å²) in [5.74, 6) is 1.50. The first-order valence-electron chi connectivity index (χ1n) is 6.43. The van der Waals surface area contributed by atoms with E-state index in [4.69, 9.17) is 10.00 Å². The number of nitrogens with zero attached hydrogens (tertiary/aromatic N) is 4. The van der Waals surface area contributed by atoms with Crippen molar-refractivity contribution in [3.05, 3.63) is 41.5 Å². The Kier molecular flexibility index (Phi) is 4.69. The Morgan fingerprint density at radius 2 is 2.25 bits per heavy atom. The summed E-state index contributed by atoms with van der Waals surface area (Å²) in [5.41, 5.74) is 1.58. The van der Waals surface area contributed by atoms with Gasteiger partial charge in [0.05, 0.1) is 19.2 Å². The highest BCUT2D eigenvalue weighted by molar-refractivity contribution is 5.45. The molecule has 0 atom stereocenters. The van der Waals surface area contributed by atoms with Crippen LogP contribution in [0.15, 0.2) is 24.5 Å². The maximum absolute atomic E-state index is 9.05. The Hall–Kier alpha value is -2.39. The molecule has 2 aromatic rings. The van der Waals surface area contributed by atoms with Crippen LogP contribution >= 0.6 is 0 Å². The predicted molar refractivity (Wildman–Crippen MR) is 73.9 cm³/mol. The number of rotatable bonds is 6. The lowest BCUT2D eigenvalue weighted by Gasteiger charge is -2.08. The second kappa shape index (κ2) is 6.68. The molecule has 0 amide bonds. The molecule has 0 saturated heterocycles. The zero-order chi connectivity index (χ0) is 14.4. The molecule has 0 bridgehead atoms. The van der Waals surface area contributed by atoms with Crippen LogP contribution in [0.4, 0.5) is 0 Å². The van der Waals surface area contributed by atoms with Gasteiger partial charge in [0, 0.05) is 13.1 Å². The van der Waals surface area contributed by atoms with E-state index < -0.39 is 0 Å². The van der Waals surface area contributed by atoms with Gasteiger partial charge in [-0.3, -0.25) is 0 Å². The standard InChI is InChI=1S/C14H17N5O/c1-3-19-10-17-18-14(19)9-16-8-11-4-5-13(20-2)12(6-11)7-15/h4-6,10,16H,3,8-9H2,1-2H3. The maximum Gasteiger partial charge on any atom is 0.146 e. The van der Waals surface area contributed by atoms with Gasteiger partial charge in [-0.05, 0) is 24.6 Å². The molecule has 1 aromatic carbocycles. The third kappa shape index (κ3) is 3.13. The topological polar surface area (TPSA) is 75.8 Å². The van der Waals surface area contributed by atoms with Crippen LogP contribution in [0.2, 0.25) is 0 Å². The number of methoxy groups -OCH3 is 1. The van der Waals surface area contributed by atoms with Gasteiger partial charge in [-0.25, -0.2) is 0 Å². The fourth-order valence-electron chi connectivity index (χ4n) is 1.95. The molecule has 0 spiro atoms. The Balaban J connectivity index is 1.96. The van der Waals surface area contributed by atoms with Crippen molar-refractivity contribution >= 4 is 0 Å². The Labute approximate surface area is 118 Å². The predicted octanol–water partition coefficient (Wildman–Crippen LogP) is 1.47. The quantitative estimate of drug-likeness (QED) is 0.861. The third-order valence-corrected chi connectivity index (χ3v) is 3.03. The Morgan fingerprint density at radius 3 is 2.95 bits per heavy atom. The van der Waals surface area contributed by atoms with Crippen molar-refractivity contribution < 1.29 is 4.74 Å². The molecule has 1 heterocycles. The van der Waals surface area contributed by atoms with Crippen LogP contribution in [0.25, 0.3) is 0 Å². The summed E-state index contributed by atoms with van der Waals surface area (Å²) in [6, 6.07) is 7.71. The molecule has 0 saturated carbocycles. The first-order chi connectivity index (χ1) is 9.78. The maximum atomic E-state index is 9.05. The lowest BCUT2D eigenvalue weighted by atomic mass is 10.1.